The van der Waals surface area contributed by atoms with E-state index in [1.54, 1.807) is 0 Å². The molecule has 0 amide bonds. The van der Waals surface area contributed by atoms with Crippen LogP contribution in [0.2, 0.25) is 0 Å². The van der Waals surface area contributed by atoms with Crippen molar-refractivity contribution in [3.8, 4) is 11.5 Å². The predicted octanol–water partition coefficient (Wildman–Crippen LogP) is 5.05. The van der Waals surface area contributed by atoms with Gasteiger partial charge in [0.25, 0.3) is 0 Å². The molecule has 0 saturated carbocycles. The summed E-state index contributed by atoms with van der Waals surface area (Å²) in [6.07, 6.45) is -4.47. The molecule has 2 aromatic rings. The number of hydrogen-bond acceptors (Lipinski definition) is 3. The first-order valence-corrected chi connectivity index (χ1v) is 6.93. The van der Waals surface area contributed by atoms with E-state index in [1.165, 1.54) is 31.2 Å². The fraction of sp³-hybridized carbons (Fsp3) is 0.133. The Labute approximate surface area is 133 Å². The molecule has 0 unspecified atom stereocenters. The molecule has 0 aliphatic carbocycles. The van der Waals surface area contributed by atoms with Crippen molar-refractivity contribution in [2.45, 2.75) is 13.1 Å². The zero-order chi connectivity index (χ0) is 16.5. The first-order chi connectivity index (χ1) is 10.2. The normalized spacial score (nSPS) is 11.3. The molecule has 0 aromatic heterocycles. The smallest absolute Gasteiger partial charge is 0.416 e. The first kappa shape index (κ1) is 16.4. The van der Waals surface area contributed by atoms with Gasteiger partial charge in [-0.2, -0.15) is 13.2 Å². The molecular weight excluding hydrogens is 363 g/mol. The molecule has 0 saturated heterocycles. The van der Waals surface area contributed by atoms with Crippen LogP contribution < -0.4 is 10.5 Å². The summed E-state index contributed by atoms with van der Waals surface area (Å²) >= 11 is 3.13. The number of nitrogens with two attached hydrogens (primary N) is 1. The molecule has 116 valence electrons. The van der Waals surface area contributed by atoms with Crippen LogP contribution in [0.15, 0.2) is 40.9 Å². The number of Topliss-reactive ketones (excluding diaryl/α,β-unsaturated/α-hetero) is 1. The summed E-state index contributed by atoms with van der Waals surface area (Å²) in [7, 11) is 0. The topological polar surface area (TPSA) is 52.3 Å². The van der Waals surface area contributed by atoms with Gasteiger partial charge >= 0.3 is 6.18 Å². The first-order valence-electron chi connectivity index (χ1n) is 6.13. The third kappa shape index (κ3) is 3.59. The Bertz CT molecular complexity index is 729. The molecule has 2 rings (SSSR count). The van der Waals surface area contributed by atoms with Crippen LogP contribution in [-0.2, 0) is 6.18 Å². The summed E-state index contributed by atoms with van der Waals surface area (Å²) in [5.41, 5.74) is 5.50. The summed E-state index contributed by atoms with van der Waals surface area (Å²) in [5, 5.41) is 0. The maximum atomic E-state index is 12.7. The van der Waals surface area contributed by atoms with E-state index in [2.05, 4.69) is 15.9 Å². The fourth-order valence-electron chi connectivity index (χ4n) is 1.74. The third-order valence-electron chi connectivity index (χ3n) is 2.89. The van der Waals surface area contributed by atoms with E-state index < -0.39 is 11.7 Å². The van der Waals surface area contributed by atoms with Crippen LogP contribution in [0, 0.1) is 0 Å². The summed E-state index contributed by atoms with van der Waals surface area (Å²) in [4.78, 5) is 11.2. The van der Waals surface area contributed by atoms with Crippen LogP contribution in [0.5, 0.6) is 11.5 Å². The van der Waals surface area contributed by atoms with Crippen molar-refractivity contribution in [2.24, 2.45) is 0 Å². The van der Waals surface area contributed by atoms with Gasteiger partial charge in [0.15, 0.2) is 5.78 Å². The van der Waals surface area contributed by atoms with Crippen LogP contribution in [0.25, 0.3) is 0 Å². The molecule has 0 heterocycles. The second-order valence-electron chi connectivity index (χ2n) is 4.55. The molecule has 2 aromatic carbocycles. The van der Waals surface area contributed by atoms with Gasteiger partial charge in [-0.1, -0.05) is 0 Å². The molecular formula is C15H11BrF3NO2. The Hall–Kier alpha value is -2.02. The Balaban J connectivity index is 2.37. The molecule has 7 heteroatoms. The number of carbonyl (C=O) groups is 1. The number of nitrogen functional groups attached to an aromatic ring is 1. The van der Waals surface area contributed by atoms with Crippen LogP contribution in [0.4, 0.5) is 18.9 Å². The van der Waals surface area contributed by atoms with Gasteiger partial charge in [0.1, 0.15) is 11.5 Å². The number of anilines is 1. The number of ether oxygens (including phenoxy) is 1. The predicted molar refractivity (Wildman–Crippen MR) is 80.1 cm³/mol. The third-order valence-corrected chi connectivity index (χ3v) is 3.55. The second kappa shape index (κ2) is 6.00. The highest BCUT2D eigenvalue weighted by atomic mass is 79.9. The lowest BCUT2D eigenvalue weighted by atomic mass is 10.1. The SMILES string of the molecule is CC(=O)c1ccc(Oc2cc(C(F)(F)F)ccc2Br)c(N)c1. The highest BCUT2D eigenvalue weighted by Gasteiger charge is 2.31. The summed E-state index contributed by atoms with van der Waals surface area (Å²) in [5.74, 6) is -0.0133. The highest BCUT2D eigenvalue weighted by Crippen LogP contribution is 2.38. The van der Waals surface area contributed by atoms with Gasteiger partial charge in [-0.05, 0) is 59.3 Å². The van der Waals surface area contributed by atoms with Gasteiger partial charge in [0, 0.05) is 5.56 Å². The average molecular weight is 374 g/mol. The summed E-state index contributed by atoms with van der Waals surface area (Å²) in [6.45, 7) is 1.39. The lowest BCUT2D eigenvalue weighted by molar-refractivity contribution is -0.137. The standard InChI is InChI=1S/C15H11BrF3NO2/c1-8(21)9-2-5-13(12(20)6-9)22-14-7-10(15(17,18)19)3-4-11(14)16/h2-7H,20H2,1H3. The van der Waals surface area contributed by atoms with Gasteiger partial charge in [-0.3, -0.25) is 4.79 Å². The van der Waals surface area contributed by atoms with Crippen molar-refractivity contribution >= 4 is 27.4 Å². The van der Waals surface area contributed by atoms with Crippen molar-refractivity contribution in [3.63, 3.8) is 0 Å². The van der Waals surface area contributed by atoms with Crippen molar-refractivity contribution < 1.29 is 22.7 Å². The van der Waals surface area contributed by atoms with E-state index in [9.17, 15) is 18.0 Å². The minimum Gasteiger partial charge on any atom is -0.454 e. The molecule has 0 fully saturated rings. The van der Waals surface area contributed by atoms with Gasteiger partial charge in [0.05, 0.1) is 15.7 Å². The van der Waals surface area contributed by atoms with Gasteiger partial charge < -0.3 is 10.5 Å². The Morgan fingerprint density at radius 2 is 1.82 bits per heavy atom. The molecule has 0 radical (unpaired) electrons. The Morgan fingerprint density at radius 3 is 2.36 bits per heavy atom. The van der Waals surface area contributed by atoms with Crippen molar-refractivity contribution in [1.82, 2.24) is 0 Å². The number of alkyl halides is 3. The van der Waals surface area contributed by atoms with Crippen LogP contribution in [0.3, 0.4) is 0 Å². The van der Waals surface area contributed by atoms with E-state index in [4.69, 9.17) is 10.5 Å². The molecule has 0 atom stereocenters. The van der Waals surface area contributed by atoms with Crippen molar-refractivity contribution in [2.75, 3.05) is 5.73 Å². The van der Waals surface area contributed by atoms with E-state index in [0.29, 0.717) is 10.0 Å². The average Bonchev–Trinajstić information content (AvgIpc) is 2.41. The number of benzene rings is 2. The van der Waals surface area contributed by atoms with E-state index in [-0.39, 0.29) is 23.0 Å². The fourth-order valence-corrected chi connectivity index (χ4v) is 2.06. The van der Waals surface area contributed by atoms with E-state index in [0.717, 1.165) is 12.1 Å². The lowest BCUT2D eigenvalue weighted by Crippen LogP contribution is -2.05. The molecule has 0 aliphatic rings. The van der Waals surface area contributed by atoms with Gasteiger partial charge in [0.2, 0.25) is 0 Å². The minimum absolute atomic E-state index is 0.0166. The zero-order valence-electron chi connectivity index (χ0n) is 11.4. The van der Waals surface area contributed by atoms with Crippen molar-refractivity contribution in [3.05, 3.63) is 52.0 Å². The molecule has 2 N–H and O–H groups in total. The molecule has 0 bridgehead atoms. The summed E-state index contributed by atoms with van der Waals surface area (Å²) in [6, 6.07) is 7.42. The van der Waals surface area contributed by atoms with Crippen LogP contribution >= 0.6 is 15.9 Å². The zero-order valence-corrected chi connectivity index (χ0v) is 13.0. The van der Waals surface area contributed by atoms with Crippen LogP contribution in [0.1, 0.15) is 22.8 Å². The largest absolute Gasteiger partial charge is 0.454 e. The quantitative estimate of drug-likeness (QED) is 0.605. The minimum atomic E-state index is -4.47. The Kier molecular flexibility index (Phi) is 4.46. The number of carbonyl (C=O) groups excluding carboxylic acids is 1. The lowest BCUT2D eigenvalue weighted by Gasteiger charge is -2.13. The second-order valence-corrected chi connectivity index (χ2v) is 5.41. The number of rotatable bonds is 3. The van der Waals surface area contributed by atoms with E-state index >= 15 is 0 Å². The number of ketones is 1. The highest BCUT2D eigenvalue weighted by molar-refractivity contribution is 9.10. The molecule has 3 nitrogen and oxygen atoms in total. The molecule has 22 heavy (non-hydrogen) atoms. The monoisotopic (exact) mass is 373 g/mol. The van der Waals surface area contributed by atoms with Gasteiger partial charge in [-0.15, -0.1) is 0 Å². The van der Waals surface area contributed by atoms with Crippen LogP contribution in [-0.4, -0.2) is 5.78 Å². The number of halogens is 4. The maximum Gasteiger partial charge on any atom is 0.416 e. The molecule has 0 spiro atoms. The van der Waals surface area contributed by atoms with Gasteiger partial charge in [-0.25, -0.2) is 0 Å². The van der Waals surface area contributed by atoms with Crippen molar-refractivity contribution in [1.29, 1.82) is 0 Å². The number of hydrogen-bond donors (Lipinski definition) is 1. The Morgan fingerprint density at radius 1 is 1.14 bits per heavy atom. The summed E-state index contributed by atoms with van der Waals surface area (Å²) < 4.78 is 44.0. The molecule has 0 aliphatic heterocycles. The maximum absolute atomic E-state index is 12.7. The van der Waals surface area contributed by atoms with E-state index in [1.807, 2.05) is 0 Å².